The molecule has 2 aromatic carbocycles. The zero-order chi connectivity index (χ0) is 25.0. The lowest BCUT2D eigenvalue weighted by molar-refractivity contribution is -0.123. The van der Waals surface area contributed by atoms with Crippen molar-refractivity contribution >= 4 is 27.6 Å². The van der Waals surface area contributed by atoms with Gasteiger partial charge in [-0.05, 0) is 68.7 Å². The average molecular weight is 484 g/mol. The van der Waals surface area contributed by atoms with E-state index in [1.807, 2.05) is 35.8 Å². The van der Waals surface area contributed by atoms with Gasteiger partial charge in [-0.2, -0.15) is 0 Å². The Morgan fingerprint density at radius 2 is 1.62 bits per heavy atom. The van der Waals surface area contributed by atoms with Gasteiger partial charge in [-0.3, -0.25) is 4.79 Å². The summed E-state index contributed by atoms with van der Waals surface area (Å²) in [7, 11) is -3.76. The number of rotatable bonds is 8. The van der Waals surface area contributed by atoms with E-state index in [-0.39, 0.29) is 4.90 Å². The number of aromatic nitrogens is 1. The molecule has 0 fully saturated rings. The predicted octanol–water partition coefficient (Wildman–Crippen LogP) is 3.55. The van der Waals surface area contributed by atoms with Crippen LogP contribution in [-0.4, -0.2) is 31.0 Å². The highest BCUT2D eigenvalue weighted by molar-refractivity contribution is 7.89. The minimum Gasteiger partial charge on any atom is -0.449 e. The number of sulfonamides is 1. The van der Waals surface area contributed by atoms with E-state index in [1.165, 1.54) is 19.1 Å². The third kappa shape index (κ3) is 5.92. The van der Waals surface area contributed by atoms with Crippen LogP contribution in [0.4, 0.5) is 5.69 Å². The fourth-order valence-electron chi connectivity index (χ4n) is 3.56. The minimum absolute atomic E-state index is 0.0371. The molecule has 0 radical (unpaired) electrons. The molecule has 0 aliphatic heterocycles. The highest BCUT2D eigenvalue weighted by Crippen LogP contribution is 2.20. The summed E-state index contributed by atoms with van der Waals surface area (Å²) >= 11 is 0. The second-order valence-corrected chi connectivity index (χ2v) is 9.71. The Kier molecular flexibility index (Phi) is 7.58. The summed E-state index contributed by atoms with van der Waals surface area (Å²) in [5.74, 6) is -1.01. The van der Waals surface area contributed by atoms with Crippen molar-refractivity contribution < 1.29 is 22.7 Å². The van der Waals surface area contributed by atoms with Crippen molar-refractivity contribution in [3.8, 4) is 0 Å². The largest absolute Gasteiger partial charge is 0.449 e. The molecule has 1 atom stereocenters. The number of primary sulfonamides is 1. The summed E-state index contributed by atoms with van der Waals surface area (Å²) in [5.41, 5.74) is 4.51. The Balaban J connectivity index is 1.68. The van der Waals surface area contributed by atoms with Crippen LogP contribution in [0, 0.1) is 13.8 Å². The molecule has 180 valence electrons. The molecule has 0 saturated heterocycles. The molecule has 0 aliphatic carbocycles. The summed E-state index contributed by atoms with van der Waals surface area (Å²) in [5, 5.41) is 7.90. The highest BCUT2D eigenvalue weighted by Gasteiger charge is 2.23. The first-order valence-electron chi connectivity index (χ1n) is 10.9. The van der Waals surface area contributed by atoms with Crippen LogP contribution in [0.5, 0.6) is 0 Å². The second kappa shape index (κ2) is 10.2. The summed E-state index contributed by atoms with van der Waals surface area (Å²) < 4.78 is 30.2. The molecule has 0 aliphatic rings. The molecule has 9 heteroatoms. The highest BCUT2D eigenvalue weighted by atomic mass is 32.2. The molecule has 1 aromatic heterocycles. The summed E-state index contributed by atoms with van der Waals surface area (Å²) in [4.78, 5) is 25.3. The van der Waals surface area contributed by atoms with Crippen molar-refractivity contribution in [3.05, 3.63) is 82.7 Å². The maximum atomic E-state index is 12.8. The van der Waals surface area contributed by atoms with E-state index in [0.29, 0.717) is 23.5 Å². The molecule has 1 heterocycles. The van der Waals surface area contributed by atoms with Crippen LogP contribution in [0.2, 0.25) is 0 Å². The zero-order valence-electron chi connectivity index (χ0n) is 19.7. The van der Waals surface area contributed by atoms with Crippen LogP contribution in [0.3, 0.4) is 0 Å². The molecule has 3 rings (SSSR count). The number of aryl methyl sites for hydroxylation is 2. The van der Waals surface area contributed by atoms with Crippen LogP contribution < -0.4 is 10.5 Å². The number of hydrogen-bond donors (Lipinski definition) is 2. The number of nitrogens with one attached hydrogen (secondary N) is 1. The lowest BCUT2D eigenvalue weighted by atomic mass is 10.1. The van der Waals surface area contributed by atoms with Crippen LogP contribution in [0.25, 0.3) is 0 Å². The van der Waals surface area contributed by atoms with Crippen molar-refractivity contribution in [2.24, 2.45) is 5.14 Å². The van der Waals surface area contributed by atoms with E-state index in [2.05, 4.69) is 12.2 Å². The fourth-order valence-corrected chi connectivity index (χ4v) is 4.08. The van der Waals surface area contributed by atoms with Gasteiger partial charge in [-0.1, -0.05) is 31.2 Å². The number of carbonyl (C=O) groups excluding carboxylic acids is 2. The van der Waals surface area contributed by atoms with Gasteiger partial charge < -0.3 is 14.6 Å². The SMILES string of the molecule is CCc1ccc(NC(=O)[C@@H](C)OC(=O)c2cc(C)n(Cc3ccc(S(N)(=O)=O)cc3)c2C)cc1. The zero-order valence-corrected chi connectivity index (χ0v) is 20.5. The van der Waals surface area contributed by atoms with Gasteiger partial charge in [0.1, 0.15) is 0 Å². The quantitative estimate of drug-likeness (QED) is 0.475. The van der Waals surface area contributed by atoms with E-state index >= 15 is 0 Å². The number of nitrogens with zero attached hydrogens (tertiary/aromatic N) is 1. The van der Waals surface area contributed by atoms with Crippen LogP contribution >= 0.6 is 0 Å². The molecule has 3 aromatic rings. The Morgan fingerprint density at radius 1 is 1.03 bits per heavy atom. The average Bonchev–Trinajstić information content (AvgIpc) is 3.07. The number of ether oxygens (including phenoxy) is 1. The first-order chi connectivity index (χ1) is 16.0. The lowest BCUT2D eigenvalue weighted by Gasteiger charge is -2.14. The summed E-state index contributed by atoms with van der Waals surface area (Å²) in [6, 6.07) is 15.5. The Bertz CT molecular complexity index is 1290. The second-order valence-electron chi connectivity index (χ2n) is 8.15. The Labute approximate surface area is 199 Å². The smallest absolute Gasteiger partial charge is 0.340 e. The van der Waals surface area contributed by atoms with Crippen molar-refractivity contribution in [2.75, 3.05) is 5.32 Å². The number of benzene rings is 2. The molecule has 0 bridgehead atoms. The maximum absolute atomic E-state index is 12.8. The van der Waals surface area contributed by atoms with Crippen LogP contribution in [0.15, 0.2) is 59.5 Å². The lowest BCUT2D eigenvalue weighted by Crippen LogP contribution is -2.30. The van der Waals surface area contributed by atoms with Gasteiger partial charge >= 0.3 is 5.97 Å². The van der Waals surface area contributed by atoms with Gasteiger partial charge in [0, 0.05) is 23.6 Å². The van der Waals surface area contributed by atoms with Gasteiger partial charge in [-0.25, -0.2) is 18.4 Å². The first kappa shape index (κ1) is 25.2. The predicted molar refractivity (Wildman–Crippen MR) is 130 cm³/mol. The number of carbonyl (C=O) groups is 2. The van der Waals surface area contributed by atoms with Crippen molar-refractivity contribution in [1.82, 2.24) is 4.57 Å². The molecular formula is C25H29N3O5S. The standard InChI is InChI=1S/C25H29N3O5S/c1-5-19-6-10-21(11-7-19)27-24(29)18(4)33-25(30)23-14-16(2)28(17(23)3)15-20-8-12-22(13-9-20)34(26,31)32/h6-14,18H,5,15H2,1-4H3,(H,27,29)(H2,26,31,32)/t18-/m1/s1. The topological polar surface area (TPSA) is 120 Å². The molecule has 1 amide bonds. The number of nitrogens with two attached hydrogens (primary N) is 1. The maximum Gasteiger partial charge on any atom is 0.340 e. The van der Waals surface area contributed by atoms with Crippen molar-refractivity contribution in [1.29, 1.82) is 0 Å². The third-order valence-corrected chi connectivity index (χ3v) is 6.60. The van der Waals surface area contributed by atoms with Gasteiger partial charge in [0.05, 0.1) is 10.5 Å². The fraction of sp³-hybridized carbons (Fsp3) is 0.280. The van der Waals surface area contributed by atoms with Crippen LogP contribution in [0.1, 0.15) is 46.7 Å². The van der Waals surface area contributed by atoms with Gasteiger partial charge in [0.25, 0.3) is 5.91 Å². The first-order valence-corrected chi connectivity index (χ1v) is 12.4. The van der Waals surface area contributed by atoms with E-state index in [4.69, 9.17) is 9.88 Å². The number of hydrogen-bond acceptors (Lipinski definition) is 5. The van der Waals surface area contributed by atoms with E-state index in [1.54, 1.807) is 25.1 Å². The van der Waals surface area contributed by atoms with Gasteiger partial charge in [0.15, 0.2) is 6.10 Å². The summed E-state index contributed by atoms with van der Waals surface area (Å²) in [6.45, 7) is 7.66. The molecule has 0 saturated carbocycles. The van der Waals surface area contributed by atoms with Crippen molar-refractivity contribution in [2.45, 2.75) is 51.7 Å². The molecule has 34 heavy (non-hydrogen) atoms. The van der Waals surface area contributed by atoms with Gasteiger partial charge in [0.2, 0.25) is 10.0 Å². The Morgan fingerprint density at radius 3 is 2.18 bits per heavy atom. The molecule has 8 nitrogen and oxygen atoms in total. The summed E-state index contributed by atoms with van der Waals surface area (Å²) in [6.07, 6.45) is -0.0751. The molecule has 3 N–H and O–H groups in total. The number of anilines is 1. The third-order valence-electron chi connectivity index (χ3n) is 5.67. The monoisotopic (exact) mass is 483 g/mol. The normalized spacial score (nSPS) is 12.3. The molecule has 0 unspecified atom stereocenters. The van der Waals surface area contributed by atoms with E-state index in [0.717, 1.165) is 23.2 Å². The molecule has 0 spiro atoms. The van der Waals surface area contributed by atoms with Gasteiger partial charge in [-0.15, -0.1) is 0 Å². The van der Waals surface area contributed by atoms with E-state index < -0.39 is 28.0 Å². The van der Waals surface area contributed by atoms with Crippen molar-refractivity contribution in [3.63, 3.8) is 0 Å². The Hall–Kier alpha value is -3.43. The van der Waals surface area contributed by atoms with E-state index in [9.17, 15) is 18.0 Å². The minimum atomic E-state index is -3.76. The molecular weight excluding hydrogens is 454 g/mol. The number of esters is 1. The number of amides is 1. The van der Waals surface area contributed by atoms with Crippen LogP contribution in [-0.2, 0) is 32.5 Å².